The highest BCUT2D eigenvalue weighted by Gasteiger charge is 2.26. The van der Waals surface area contributed by atoms with Crippen LogP contribution in [0, 0.1) is 34.9 Å². The molecule has 19 heavy (non-hydrogen) atoms. The maximum atomic E-state index is 13.6. The Balaban J connectivity index is 3.11. The summed E-state index contributed by atoms with van der Waals surface area (Å²) in [5, 5.41) is -2.07. The standard InChI is InChI=1S/C13H6F6/c1-2-3-5-8-6(14)4-7(15)11(17)9(8)12(18)13(19)10(5)16/h2,4H,1,3H2. The Kier molecular flexibility index (Phi) is 3.26. The lowest BCUT2D eigenvalue weighted by atomic mass is 9.99. The van der Waals surface area contributed by atoms with Crippen LogP contribution < -0.4 is 0 Å². The average molecular weight is 276 g/mol. The molecular formula is C13H6F6. The van der Waals surface area contributed by atoms with E-state index in [1.165, 1.54) is 0 Å². The summed E-state index contributed by atoms with van der Waals surface area (Å²) >= 11 is 0. The van der Waals surface area contributed by atoms with Crippen LogP contribution in [0.1, 0.15) is 5.56 Å². The van der Waals surface area contributed by atoms with Gasteiger partial charge in [0, 0.05) is 17.0 Å². The molecule has 0 bridgehead atoms. The van der Waals surface area contributed by atoms with Gasteiger partial charge in [-0.1, -0.05) is 6.08 Å². The Morgan fingerprint density at radius 2 is 1.42 bits per heavy atom. The summed E-state index contributed by atoms with van der Waals surface area (Å²) in [5.74, 6) is -10.4. The highest BCUT2D eigenvalue weighted by atomic mass is 19.2. The molecule has 0 unspecified atom stereocenters. The van der Waals surface area contributed by atoms with Crippen LogP contribution in [-0.2, 0) is 6.42 Å². The molecule has 0 heterocycles. The maximum absolute atomic E-state index is 13.6. The highest BCUT2D eigenvalue weighted by molar-refractivity contribution is 5.88. The molecule has 6 heteroatoms. The maximum Gasteiger partial charge on any atom is 0.195 e. The van der Waals surface area contributed by atoms with Crippen LogP contribution >= 0.6 is 0 Å². The van der Waals surface area contributed by atoms with Crippen molar-refractivity contribution in [3.63, 3.8) is 0 Å². The molecule has 0 saturated carbocycles. The van der Waals surface area contributed by atoms with Gasteiger partial charge in [-0.15, -0.1) is 6.58 Å². The van der Waals surface area contributed by atoms with Gasteiger partial charge in [0.05, 0.1) is 5.39 Å². The molecule has 0 fully saturated rings. The van der Waals surface area contributed by atoms with E-state index in [2.05, 4.69) is 6.58 Å². The van der Waals surface area contributed by atoms with Crippen molar-refractivity contribution in [2.24, 2.45) is 0 Å². The number of rotatable bonds is 2. The lowest BCUT2D eigenvalue weighted by Crippen LogP contribution is -2.05. The second kappa shape index (κ2) is 4.60. The van der Waals surface area contributed by atoms with E-state index in [0.717, 1.165) is 6.08 Å². The zero-order valence-electron chi connectivity index (χ0n) is 9.34. The molecule has 0 spiro atoms. The summed E-state index contributed by atoms with van der Waals surface area (Å²) in [6.07, 6.45) is 0.747. The molecule has 100 valence electrons. The van der Waals surface area contributed by atoms with Crippen molar-refractivity contribution in [3.05, 3.63) is 59.2 Å². The molecule has 0 aliphatic rings. The first-order valence-corrected chi connectivity index (χ1v) is 5.13. The van der Waals surface area contributed by atoms with Gasteiger partial charge in [0.1, 0.15) is 5.82 Å². The quantitative estimate of drug-likeness (QED) is 0.330. The van der Waals surface area contributed by atoms with E-state index >= 15 is 0 Å². The number of fused-ring (bicyclic) bond motifs is 1. The van der Waals surface area contributed by atoms with E-state index in [1.54, 1.807) is 0 Å². The van der Waals surface area contributed by atoms with Gasteiger partial charge in [-0.3, -0.25) is 0 Å². The van der Waals surface area contributed by atoms with Crippen molar-refractivity contribution in [1.29, 1.82) is 0 Å². The van der Waals surface area contributed by atoms with Crippen LogP contribution in [0.5, 0.6) is 0 Å². The minimum absolute atomic E-state index is 0.154. The molecule has 0 atom stereocenters. The monoisotopic (exact) mass is 276 g/mol. The van der Waals surface area contributed by atoms with Gasteiger partial charge in [-0.25, -0.2) is 26.3 Å². The summed E-state index contributed by atoms with van der Waals surface area (Å²) < 4.78 is 80.4. The molecule has 0 aromatic heterocycles. The van der Waals surface area contributed by atoms with E-state index in [1.807, 2.05) is 0 Å². The van der Waals surface area contributed by atoms with Crippen molar-refractivity contribution in [2.45, 2.75) is 6.42 Å². The number of hydrogen-bond donors (Lipinski definition) is 0. The van der Waals surface area contributed by atoms with Crippen LogP contribution in [-0.4, -0.2) is 0 Å². The lowest BCUT2D eigenvalue weighted by molar-refractivity contribution is 0.441. The number of hydrogen-bond acceptors (Lipinski definition) is 0. The molecule has 0 amide bonds. The molecule has 2 rings (SSSR count). The first-order valence-electron chi connectivity index (χ1n) is 5.13. The van der Waals surface area contributed by atoms with Gasteiger partial charge in [0.25, 0.3) is 0 Å². The van der Waals surface area contributed by atoms with Crippen LogP contribution in [0.25, 0.3) is 10.8 Å². The van der Waals surface area contributed by atoms with E-state index < -0.39 is 51.2 Å². The fraction of sp³-hybridized carbons (Fsp3) is 0.0769. The SMILES string of the molecule is C=CCc1c(F)c(F)c(F)c2c(F)c(F)cc(F)c12. The van der Waals surface area contributed by atoms with Crippen LogP contribution in [0.2, 0.25) is 0 Å². The molecule has 2 aromatic rings. The van der Waals surface area contributed by atoms with E-state index in [4.69, 9.17) is 0 Å². The fourth-order valence-corrected chi connectivity index (χ4v) is 1.88. The first-order chi connectivity index (χ1) is 8.90. The van der Waals surface area contributed by atoms with Crippen LogP contribution in [0.15, 0.2) is 18.7 Å². The Hall–Kier alpha value is -1.98. The number of benzene rings is 2. The molecule has 0 aliphatic heterocycles. The van der Waals surface area contributed by atoms with Gasteiger partial charge in [-0.2, -0.15) is 0 Å². The molecule has 0 nitrogen and oxygen atoms in total. The Morgan fingerprint density at radius 1 is 0.789 bits per heavy atom. The Bertz CT molecular complexity index is 690. The predicted octanol–water partition coefficient (Wildman–Crippen LogP) is 4.40. The minimum atomic E-state index is -1.98. The molecule has 0 aliphatic carbocycles. The van der Waals surface area contributed by atoms with Gasteiger partial charge in [0.2, 0.25) is 0 Å². The van der Waals surface area contributed by atoms with Crippen molar-refractivity contribution in [1.82, 2.24) is 0 Å². The van der Waals surface area contributed by atoms with Gasteiger partial charge >= 0.3 is 0 Å². The van der Waals surface area contributed by atoms with Crippen LogP contribution in [0.3, 0.4) is 0 Å². The van der Waals surface area contributed by atoms with Gasteiger partial charge < -0.3 is 0 Å². The second-order valence-corrected chi connectivity index (χ2v) is 3.82. The van der Waals surface area contributed by atoms with Crippen molar-refractivity contribution >= 4 is 10.8 Å². The molecule has 0 N–H and O–H groups in total. The zero-order chi connectivity index (χ0) is 14.3. The summed E-state index contributed by atoms with van der Waals surface area (Å²) in [6, 6.07) is 0.154. The van der Waals surface area contributed by atoms with Crippen molar-refractivity contribution in [2.75, 3.05) is 0 Å². The third-order valence-corrected chi connectivity index (χ3v) is 2.69. The van der Waals surface area contributed by atoms with E-state index in [0.29, 0.717) is 0 Å². The first kappa shape index (κ1) is 13.5. The predicted molar refractivity (Wildman–Crippen MR) is 57.6 cm³/mol. The minimum Gasteiger partial charge on any atom is -0.206 e. The second-order valence-electron chi connectivity index (χ2n) is 3.82. The molecule has 0 saturated heterocycles. The topological polar surface area (TPSA) is 0 Å². The fourth-order valence-electron chi connectivity index (χ4n) is 1.88. The third-order valence-electron chi connectivity index (χ3n) is 2.69. The average Bonchev–Trinajstić information content (AvgIpc) is 2.36. The summed E-state index contributed by atoms with van der Waals surface area (Å²) in [6.45, 7) is 3.25. The summed E-state index contributed by atoms with van der Waals surface area (Å²) in [4.78, 5) is 0. The van der Waals surface area contributed by atoms with Crippen molar-refractivity contribution in [3.8, 4) is 0 Å². The van der Waals surface area contributed by atoms with Gasteiger partial charge in [-0.05, 0) is 6.42 Å². The van der Waals surface area contributed by atoms with Crippen LogP contribution in [0.4, 0.5) is 26.3 Å². The molecule has 0 radical (unpaired) electrons. The number of halogens is 6. The Labute approximate surface area is 104 Å². The van der Waals surface area contributed by atoms with E-state index in [-0.39, 0.29) is 12.5 Å². The Morgan fingerprint density at radius 3 is 2.00 bits per heavy atom. The van der Waals surface area contributed by atoms with E-state index in [9.17, 15) is 26.3 Å². The summed E-state index contributed by atoms with van der Waals surface area (Å²) in [7, 11) is 0. The van der Waals surface area contributed by atoms with Crippen molar-refractivity contribution < 1.29 is 26.3 Å². The summed E-state index contributed by atoms with van der Waals surface area (Å²) in [5.41, 5.74) is -0.611. The smallest absolute Gasteiger partial charge is 0.195 e. The normalized spacial score (nSPS) is 11.1. The van der Waals surface area contributed by atoms with Gasteiger partial charge in [0.15, 0.2) is 29.1 Å². The zero-order valence-corrected chi connectivity index (χ0v) is 9.34. The number of allylic oxidation sites excluding steroid dienone is 1. The largest absolute Gasteiger partial charge is 0.206 e. The third kappa shape index (κ3) is 1.87. The highest BCUT2D eigenvalue weighted by Crippen LogP contribution is 2.33. The lowest BCUT2D eigenvalue weighted by Gasteiger charge is -2.11. The molecular weight excluding hydrogens is 270 g/mol. The molecule has 2 aromatic carbocycles.